The van der Waals surface area contributed by atoms with Crippen LogP contribution in [0.25, 0.3) is 22.2 Å². The number of nitrogens with zero attached hydrogens (tertiary/aromatic N) is 1. The van der Waals surface area contributed by atoms with Crippen molar-refractivity contribution in [2.45, 2.75) is 6.42 Å². The molecule has 0 aliphatic carbocycles. The third-order valence-electron chi connectivity index (χ3n) is 5.49. The van der Waals surface area contributed by atoms with Crippen molar-refractivity contribution >= 4 is 10.8 Å². The molecule has 0 saturated heterocycles. The SMILES string of the molecule is COc1ccc(-c2nc3c(c(=O)[nH]2)Cc2c(ccc4ccccc24)O3)c(OC)c1OC. The van der Waals surface area contributed by atoms with Gasteiger partial charge < -0.3 is 23.9 Å². The van der Waals surface area contributed by atoms with Crippen LogP contribution in [-0.2, 0) is 6.42 Å². The summed E-state index contributed by atoms with van der Waals surface area (Å²) in [5.74, 6) is 2.66. The summed E-state index contributed by atoms with van der Waals surface area (Å²) in [6.45, 7) is 0. The lowest BCUT2D eigenvalue weighted by Gasteiger charge is -2.21. The Hall–Kier alpha value is -4.00. The van der Waals surface area contributed by atoms with Gasteiger partial charge in [-0.25, -0.2) is 0 Å². The molecule has 0 fully saturated rings. The van der Waals surface area contributed by atoms with Crippen LogP contribution < -0.4 is 24.5 Å². The Labute approximate surface area is 178 Å². The Morgan fingerprint density at radius 3 is 2.48 bits per heavy atom. The predicted molar refractivity (Wildman–Crippen MR) is 117 cm³/mol. The Bertz CT molecular complexity index is 1380. The van der Waals surface area contributed by atoms with Crippen LogP contribution >= 0.6 is 0 Å². The van der Waals surface area contributed by atoms with E-state index in [1.165, 1.54) is 14.2 Å². The fourth-order valence-electron chi connectivity index (χ4n) is 4.01. The maximum atomic E-state index is 13.0. The number of benzene rings is 3. The van der Waals surface area contributed by atoms with E-state index in [-0.39, 0.29) is 5.56 Å². The maximum absolute atomic E-state index is 13.0. The van der Waals surface area contributed by atoms with Crippen LogP contribution in [0.3, 0.4) is 0 Å². The number of H-pyrrole nitrogens is 1. The molecule has 5 rings (SSSR count). The van der Waals surface area contributed by atoms with Crippen LogP contribution in [-0.4, -0.2) is 31.3 Å². The molecule has 0 atom stereocenters. The normalized spacial score (nSPS) is 12.0. The van der Waals surface area contributed by atoms with E-state index in [1.54, 1.807) is 19.2 Å². The minimum Gasteiger partial charge on any atom is -0.493 e. The Balaban J connectivity index is 1.65. The molecule has 0 bridgehead atoms. The van der Waals surface area contributed by atoms with Crippen molar-refractivity contribution in [1.82, 2.24) is 9.97 Å². The molecule has 1 aliphatic rings. The van der Waals surface area contributed by atoms with Crippen molar-refractivity contribution < 1.29 is 18.9 Å². The van der Waals surface area contributed by atoms with Crippen molar-refractivity contribution in [3.63, 3.8) is 0 Å². The molecule has 0 spiro atoms. The van der Waals surface area contributed by atoms with Crippen LogP contribution in [0.5, 0.6) is 28.9 Å². The summed E-state index contributed by atoms with van der Waals surface area (Å²) < 4.78 is 22.4. The average Bonchev–Trinajstić information content (AvgIpc) is 2.81. The van der Waals surface area contributed by atoms with Gasteiger partial charge in [0.15, 0.2) is 11.5 Å². The molecule has 7 heteroatoms. The second-order valence-electron chi connectivity index (χ2n) is 7.12. The van der Waals surface area contributed by atoms with Gasteiger partial charge in [0.2, 0.25) is 11.6 Å². The van der Waals surface area contributed by atoms with E-state index in [2.05, 4.69) is 9.97 Å². The van der Waals surface area contributed by atoms with E-state index >= 15 is 0 Å². The number of rotatable bonds is 4. The molecule has 156 valence electrons. The minimum atomic E-state index is -0.254. The third kappa shape index (κ3) is 2.97. The summed E-state index contributed by atoms with van der Waals surface area (Å²) in [6.07, 6.45) is 0.442. The first-order valence-corrected chi connectivity index (χ1v) is 9.75. The van der Waals surface area contributed by atoms with E-state index in [0.29, 0.717) is 52.3 Å². The quantitative estimate of drug-likeness (QED) is 0.470. The van der Waals surface area contributed by atoms with Crippen molar-refractivity contribution in [2.75, 3.05) is 21.3 Å². The standard InChI is InChI=1S/C24H20N2O5/c1-28-19-11-9-15(20(29-2)21(19)30-3)22-25-23(27)17-12-16-14-7-5-4-6-13(14)8-10-18(16)31-24(17)26-22/h4-11H,12H2,1-3H3,(H,25,26,27). The topological polar surface area (TPSA) is 82.7 Å². The lowest BCUT2D eigenvalue weighted by molar-refractivity contribution is 0.325. The van der Waals surface area contributed by atoms with Crippen LogP contribution in [0.15, 0.2) is 53.3 Å². The van der Waals surface area contributed by atoms with Crippen molar-refractivity contribution in [3.8, 4) is 40.3 Å². The van der Waals surface area contributed by atoms with E-state index < -0.39 is 0 Å². The molecule has 31 heavy (non-hydrogen) atoms. The smallest absolute Gasteiger partial charge is 0.258 e. The molecule has 7 nitrogen and oxygen atoms in total. The lowest BCUT2D eigenvalue weighted by Crippen LogP contribution is -2.20. The van der Waals surface area contributed by atoms with E-state index in [4.69, 9.17) is 18.9 Å². The second-order valence-corrected chi connectivity index (χ2v) is 7.12. The minimum absolute atomic E-state index is 0.254. The molecule has 0 amide bonds. The van der Waals surface area contributed by atoms with Crippen LogP contribution in [0.2, 0.25) is 0 Å². The zero-order valence-corrected chi connectivity index (χ0v) is 17.3. The lowest BCUT2D eigenvalue weighted by atomic mass is 9.96. The number of hydrogen-bond donors (Lipinski definition) is 1. The summed E-state index contributed by atoms with van der Waals surface area (Å²) in [5, 5.41) is 2.17. The molecule has 0 radical (unpaired) electrons. The number of nitrogens with one attached hydrogen (secondary N) is 1. The molecule has 1 aliphatic heterocycles. The van der Waals surface area contributed by atoms with Gasteiger partial charge in [-0.15, -0.1) is 0 Å². The molecule has 1 aromatic heterocycles. The highest BCUT2D eigenvalue weighted by molar-refractivity contribution is 5.88. The van der Waals surface area contributed by atoms with Gasteiger partial charge in [-0.3, -0.25) is 4.79 Å². The molecule has 2 heterocycles. The van der Waals surface area contributed by atoms with E-state index in [9.17, 15) is 4.79 Å². The maximum Gasteiger partial charge on any atom is 0.258 e. The van der Waals surface area contributed by atoms with Crippen LogP contribution in [0.1, 0.15) is 11.1 Å². The monoisotopic (exact) mass is 416 g/mol. The van der Waals surface area contributed by atoms with Gasteiger partial charge >= 0.3 is 0 Å². The predicted octanol–water partition coefficient (Wildman–Crippen LogP) is 4.31. The highest BCUT2D eigenvalue weighted by Crippen LogP contribution is 2.44. The fraction of sp³-hybridized carbons (Fsp3) is 0.167. The molecule has 4 aromatic rings. The van der Waals surface area contributed by atoms with Gasteiger partial charge in [0.25, 0.3) is 5.56 Å². The van der Waals surface area contributed by atoms with Gasteiger partial charge in [0.1, 0.15) is 11.6 Å². The molecule has 1 N–H and O–H groups in total. The zero-order chi connectivity index (χ0) is 21.5. The zero-order valence-electron chi connectivity index (χ0n) is 17.3. The molecule has 0 saturated carbocycles. The molecular weight excluding hydrogens is 396 g/mol. The number of methoxy groups -OCH3 is 3. The van der Waals surface area contributed by atoms with Crippen LogP contribution in [0, 0.1) is 0 Å². The highest BCUT2D eigenvalue weighted by Gasteiger charge is 2.26. The summed E-state index contributed by atoms with van der Waals surface area (Å²) in [4.78, 5) is 20.5. The van der Waals surface area contributed by atoms with Gasteiger partial charge in [-0.1, -0.05) is 30.3 Å². The number of hydrogen-bond acceptors (Lipinski definition) is 6. The van der Waals surface area contributed by atoms with Crippen molar-refractivity contribution in [2.24, 2.45) is 0 Å². The van der Waals surface area contributed by atoms with Crippen molar-refractivity contribution in [3.05, 3.63) is 70.0 Å². The summed E-state index contributed by atoms with van der Waals surface area (Å²) >= 11 is 0. The largest absolute Gasteiger partial charge is 0.493 e. The Morgan fingerprint density at radius 1 is 0.903 bits per heavy atom. The summed E-state index contributed by atoms with van der Waals surface area (Å²) in [6, 6.07) is 15.5. The fourth-order valence-corrected chi connectivity index (χ4v) is 4.01. The first kappa shape index (κ1) is 19.0. The van der Waals surface area contributed by atoms with Gasteiger partial charge in [0.05, 0.1) is 32.5 Å². The highest BCUT2D eigenvalue weighted by atomic mass is 16.5. The number of ether oxygens (including phenoxy) is 4. The van der Waals surface area contributed by atoms with E-state index in [1.807, 2.05) is 36.4 Å². The third-order valence-corrected chi connectivity index (χ3v) is 5.49. The van der Waals surface area contributed by atoms with Crippen LogP contribution in [0.4, 0.5) is 0 Å². The van der Waals surface area contributed by atoms with Crippen molar-refractivity contribution in [1.29, 1.82) is 0 Å². The average molecular weight is 416 g/mol. The Kier molecular flexibility index (Phi) is 4.51. The Morgan fingerprint density at radius 2 is 1.71 bits per heavy atom. The number of fused-ring (bicyclic) bond motifs is 4. The molecule has 0 unspecified atom stereocenters. The van der Waals surface area contributed by atoms with Gasteiger partial charge in [-0.05, 0) is 29.0 Å². The van der Waals surface area contributed by atoms with Gasteiger partial charge in [-0.2, -0.15) is 4.98 Å². The second kappa shape index (κ2) is 7.36. The van der Waals surface area contributed by atoms with E-state index in [0.717, 1.165) is 16.3 Å². The van der Waals surface area contributed by atoms with Gasteiger partial charge in [0, 0.05) is 12.0 Å². The summed E-state index contributed by atoms with van der Waals surface area (Å²) in [5.41, 5.74) is 1.78. The number of aromatic nitrogens is 2. The first-order valence-electron chi connectivity index (χ1n) is 9.75. The molecular formula is C24H20N2O5. The first-order chi connectivity index (χ1) is 15.1. The molecule has 3 aromatic carbocycles. The summed E-state index contributed by atoms with van der Waals surface area (Å²) in [7, 11) is 4.59. The number of aromatic amines is 1.